The molecule has 0 saturated carbocycles. The highest BCUT2D eigenvalue weighted by molar-refractivity contribution is 9.09. The maximum atomic E-state index is 3.75. The van der Waals surface area contributed by atoms with Crippen LogP contribution in [0.3, 0.4) is 0 Å². The average molecular weight is 288 g/mol. The fourth-order valence-electron chi connectivity index (χ4n) is 2.13. The van der Waals surface area contributed by atoms with Gasteiger partial charge in [0, 0.05) is 17.9 Å². The largest absolute Gasteiger partial charge is 0.303 e. The van der Waals surface area contributed by atoms with E-state index in [-0.39, 0.29) is 0 Å². The Morgan fingerprint density at radius 2 is 2.47 bits per heavy atom. The van der Waals surface area contributed by atoms with E-state index in [4.69, 9.17) is 0 Å². The summed E-state index contributed by atoms with van der Waals surface area (Å²) in [7, 11) is 0. The Labute approximate surface area is 105 Å². The monoisotopic (exact) mass is 287 g/mol. The minimum absolute atomic E-state index is 0.731. The van der Waals surface area contributed by atoms with Crippen LogP contribution < -0.4 is 0 Å². The third-order valence-corrected chi connectivity index (χ3v) is 5.27. The molecular weight excluding hydrogens is 270 g/mol. The first-order valence-electron chi connectivity index (χ1n) is 5.63. The molecule has 2 unspecified atom stereocenters. The minimum Gasteiger partial charge on any atom is -0.303 e. The van der Waals surface area contributed by atoms with Gasteiger partial charge in [-0.05, 0) is 47.7 Å². The molecule has 1 aliphatic heterocycles. The van der Waals surface area contributed by atoms with Crippen molar-refractivity contribution in [2.75, 3.05) is 19.6 Å². The van der Waals surface area contributed by atoms with Crippen LogP contribution >= 0.6 is 27.3 Å². The summed E-state index contributed by atoms with van der Waals surface area (Å²) in [5.74, 6) is 0.793. The van der Waals surface area contributed by atoms with E-state index in [1.807, 2.05) is 0 Å². The molecule has 0 bridgehead atoms. The van der Waals surface area contributed by atoms with Crippen LogP contribution in [0, 0.1) is 5.92 Å². The minimum atomic E-state index is 0.731. The van der Waals surface area contributed by atoms with Crippen molar-refractivity contribution in [1.29, 1.82) is 0 Å². The zero-order chi connectivity index (χ0) is 10.7. The number of hydrogen-bond donors (Lipinski definition) is 0. The van der Waals surface area contributed by atoms with Crippen LogP contribution in [0.1, 0.15) is 18.9 Å². The number of nitrogens with zero attached hydrogens (tertiary/aromatic N) is 1. The smallest absolute Gasteiger partial charge is 0.0195 e. The van der Waals surface area contributed by atoms with Crippen LogP contribution in [-0.2, 0) is 6.42 Å². The summed E-state index contributed by atoms with van der Waals surface area (Å²) in [6.45, 7) is 6.07. The first kappa shape index (κ1) is 11.6. The van der Waals surface area contributed by atoms with Crippen molar-refractivity contribution in [1.82, 2.24) is 4.90 Å². The van der Waals surface area contributed by atoms with E-state index in [1.54, 1.807) is 11.3 Å². The van der Waals surface area contributed by atoms with Gasteiger partial charge in [0.15, 0.2) is 0 Å². The van der Waals surface area contributed by atoms with Crippen LogP contribution in [-0.4, -0.2) is 29.4 Å². The summed E-state index contributed by atoms with van der Waals surface area (Å²) in [4.78, 5) is 3.33. The van der Waals surface area contributed by atoms with Crippen molar-refractivity contribution >= 4 is 27.3 Å². The molecule has 1 aromatic heterocycles. The SMILES string of the molecule is CC1CN(CCc2ccsc2)CCC1Br. The topological polar surface area (TPSA) is 3.24 Å². The van der Waals surface area contributed by atoms with Gasteiger partial charge < -0.3 is 4.90 Å². The molecule has 3 heteroatoms. The number of thiophene rings is 1. The molecule has 2 rings (SSSR count). The first-order chi connectivity index (χ1) is 7.25. The van der Waals surface area contributed by atoms with E-state index >= 15 is 0 Å². The van der Waals surface area contributed by atoms with E-state index in [0.29, 0.717) is 0 Å². The molecule has 2 atom stereocenters. The number of likely N-dealkylation sites (tertiary alicyclic amines) is 1. The molecule has 1 fully saturated rings. The summed E-state index contributed by atoms with van der Waals surface area (Å²) in [5.41, 5.74) is 1.49. The molecule has 1 aliphatic rings. The second-order valence-corrected chi connectivity index (χ2v) is 6.42. The van der Waals surface area contributed by atoms with Crippen molar-refractivity contribution in [3.63, 3.8) is 0 Å². The van der Waals surface area contributed by atoms with Crippen molar-refractivity contribution in [3.8, 4) is 0 Å². The summed E-state index contributed by atoms with van der Waals surface area (Å²) in [6.07, 6.45) is 2.51. The van der Waals surface area contributed by atoms with Crippen molar-refractivity contribution in [3.05, 3.63) is 22.4 Å². The Morgan fingerprint density at radius 1 is 1.60 bits per heavy atom. The van der Waals surface area contributed by atoms with Gasteiger partial charge in [-0.25, -0.2) is 0 Å². The lowest BCUT2D eigenvalue weighted by atomic mass is 10.00. The molecule has 2 heterocycles. The molecule has 0 aromatic carbocycles. The Kier molecular flexibility index (Phi) is 4.23. The van der Waals surface area contributed by atoms with Crippen molar-refractivity contribution < 1.29 is 0 Å². The molecule has 0 amide bonds. The van der Waals surface area contributed by atoms with E-state index < -0.39 is 0 Å². The van der Waals surface area contributed by atoms with E-state index in [1.165, 1.54) is 38.0 Å². The van der Waals surface area contributed by atoms with Crippen LogP contribution in [0.2, 0.25) is 0 Å². The molecule has 0 aliphatic carbocycles. The number of halogens is 1. The molecule has 1 nitrogen and oxygen atoms in total. The van der Waals surface area contributed by atoms with Gasteiger partial charge in [-0.15, -0.1) is 0 Å². The van der Waals surface area contributed by atoms with E-state index in [9.17, 15) is 0 Å². The molecule has 0 radical (unpaired) electrons. The van der Waals surface area contributed by atoms with Gasteiger partial charge in [0.1, 0.15) is 0 Å². The lowest BCUT2D eigenvalue weighted by Crippen LogP contribution is -2.40. The van der Waals surface area contributed by atoms with Crippen LogP contribution in [0.15, 0.2) is 16.8 Å². The zero-order valence-corrected chi connectivity index (χ0v) is 11.6. The summed E-state index contributed by atoms with van der Waals surface area (Å²) < 4.78 is 0. The van der Waals surface area contributed by atoms with Crippen LogP contribution in [0.25, 0.3) is 0 Å². The Morgan fingerprint density at radius 3 is 3.13 bits per heavy atom. The Bertz CT molecular complexity index is 286. The second-order valence-electron chi connectivity index (χ2n) is 4.46. The van der Waals surface area contributed by atoms with Gasteiger partial charge in [-0.2, -0.15) is 11.3 Å². The Hall–Kier alpha value is 0.140. The number of rotatable bonds is 3. The Balaban J connectivity index is 1.76. The molecule has 1 aromatic rings. The van der Waals surface area contributed by atoms with Crippen molar-refractivity contribution in [2.45, 2.75) is 24.6 Å². The van der Waals surface area contributed by atoms with E-state index in [0.717, 1.165) is 10.7 Å². The van der Waals surface area contributed by atoms with Crippen LogP contribution in [0.5, 0.6) is 0 Å². The molecule has 1 saturated heterocycles. The van der Waals surface area contributed by atoms with E-state index in [2.05, 4.69) is 44.6 Å². The highest BCUT2D eigenvalue weighted by Crippen LogP contribution is 2.23. The molecule has 84 valence electrons. The first-order valence-corrected chi connectivity index (χ1v) is 7.49. The molecule has 0 N–H and O–H groups in total. The highest BCUT2D eigenvalue weighted by atomic mass is 79.9. The van der Waals surface area contributed by atoms with Gasteiger partial charge >= 0.3 is 0 Å². The standard InChI is InChI=1S/C12H18BrNS/c1-10-8-14(6-3-12(10)13)5-2-11-4-7-15-9-11/h4,7,9-10,12H,2-3,5-6,8H2,1H3. The average Bonchev–Trinajstić information content (AvgIpc) is 2.73. The number of alkyl halides is 1. The fourth-order valence-corrected chi connectivity index (χ4v) is 3.20. The lowest BCUT2D eigenvalue weighted by Gasteiger charge is -2.34. The fraction of sp³-hybridized carbons (Fsp3) is 0.667. The maximum Gasteiger partial charge on any atom is 0.0195 e. The molecular formula is C12H18BrNS. The predicted octanol–water partition coefficient (Wildman–Crippen LogP) is 3.40. The number of hydrogen-bond acceptors (Lipinski definition) is 2. The van der Waals surface area contributed by atoms with Gasteiger partial charge in [-0.3, -0.25) is 0 Å². The second kappa shape index (κ2) is 5.46. The maximum absolute atomic E-state index is 3.75. The summed E-state index contributed by atoms with van der Waals surface area (Å²) in [5, 5.41) is 4.43. The third kappa shape index (κ3) is 3.30. The van der Waals surface area contributed by atoms with Gasteiger partial charge in [0.05, 0.1) is 0 Å². The molecule has 15 heavy (non-hydrogen) atoms. The summed E-state index contributed by atoms with van der Waals surface area (Å²) in [6, 6.07) is 2.24. The summed E-state index contributed by atoms with van der Waals surface area (Å²) >= 11 is 5.55. The highest BCUT2D eigenvalue weighted by Gasteiger charge is 2.23. The zero-order valence-electron chi connectivity index (χ0n) is 9.16. The van der Waals surface area contributed by atoms with Gasteiger partial charge in [0.2, 0.25) is 0 Å². The lowest BCUT2D eigenvalue weighted by molar-refractivity contribution is 0.193. The van der Waals surface area contributed by atoms with Gasteiger partial charge in [-0.1, -0.05) is 22.9 Å². The normalized spacial score (nSPS) is 28.1. The van der Waals surface area contributed by atoms with Crippen LogP contribution in [0.4, 0.5) is 0 Å². The van der Waals surface area contributed by atoms with Gasteiger partial charge in [0.25, 0.3) is 0 Å². The quantitative estimate of drug-likeness (QED) is 0.771. The van der Waals surface area contributed by atoms with Crippen molar-refractivity contribution in [2.24, 2.45) is 5.92 Å². The number of piperidine rings is 1. The third-order valence-electron chi connectivity index (χ3n) is 3.18. The predicted molar refractivity (Wildman–Crippen MR) is 71.0 cm³/mol. The molecule has 0 spiro atoms.